The first-order valence-corrected chi connectivity index (χ1v) is 6.50. The number of hydrogen-bond donors (Lipinski definition) is 2. The molecule has 2 rings (SSSR count). The number of alkyl halides is 2. The molecule has 0 aliphatic heterocycles. The molecule has 102 valence electrons. The fourth-order valence-corrected chi connectivity index (χ4v) is 2.54. The van der Waals surface area contributed by atoms with Crippen LogP contribution in [0.1, 0.15) is 29.3 Å². The van der Waals surface area contributed by atoms with Gasteiger partial charge in [-0.2, -0.15) is 0 Å². The largest absolute Gasteiger partial charge is 0.478 e. The van der Waals surface area contributed by atoms with Crippen LogP contribution in [0.25, 0.3) is 0 Å². The van der Waals surface area contributed by atoms with Gasteiger partial charge in [-0.15, -0.1) is 23.2 Å². The van der Waals surface area contributed by atoms with E-state index in [9.17, 15) is 9.59 Å². The number of carboxylic acids is 1. The Balaban J connectivity index is 1.98. The highest BCUT2D eigenvalue weighted by Gasteiger charge is 2.67. The minimum atomic E-state index is -1.00. The Hall–Kier alpha value is -1.26. The van der Waals surface area contributed by atoms with Crippen LogP contribution in [0, 0.1) is 5.41 Å². The second-order valence-electron chi connectivity index (χ2n) is 4.90. The Morgan fingerprint density at radius 2 is 2.05 bits per heavy atom. The van der Waals surface area contributed by atoms with Gasteiger partial charge in [-0.05, 0) is 31.0 Å². The van der Waals surface area contributed by atoms with E-state index in [0.717, 1.165) is 0 Å². The van der Waals surface area contributed by atoms with Gasteiger partial charge in [0.1, 0.15) is 4.33 Å². The summed E-state index contributed by atoms with van der Waals surface area (Å²) in [6, 6.07) is 6.40. The van der Waals surface area contributed by atoms with E-state index in [-0.39, 0.29) is 18.0 Å². The summed E-state index contributed by atoms with van der Waals surface area (Å²) in [4.78, 5) is 22.8. The molecule has 2 N–H and O–H groups in total. The summed E-state index contributed by atoms with van der Waals surface area (Å²) >= 11 is 11.8. The Morgan fingerprint density at radius 1 is 1.42 bits per heavy atom. The predicted molar refractivity (Wildman–Crippen MR) is 72.4 cm³/mol. The smallest absolute Gasteiger partial charge is 0.335 e. The molecule has 0 aromatic heterocycles. The second kappa shape index (κ2) is 4.69. The SMILES string of the molecule is CC1(C(=O)NCc2cccc(C(=O)O)c2)CC1(Cl)Cl. The van der Waals surface area contributed by atoms with Crippen molar-refractivity contribution in [3.8, 4) is 0 Å². The topological polar surface area (TPSA) is 66.4 Å². The highest BCUT2D eigenvalue weighted by Crippen LogP contribution is 2.63. The number of hydrogen-bond acceptors (Lipinski definition) is 2. The molecular weight excluding hydrogens is 289 g/mol. The summed E-state index contributed by atoms with van der Waals surface area (Å²) in [5.41, 5.74) is 0.140. The van der Waals surface area contributed by atoms with E-state index in [1.54, 1.807) is 19.1 Å². The summed E-state index contributed by atoms with van der Waals surface area (Å²) in [5.74, 6) is -1.22. The average molecular weight is 302 g/mol. The zero-order valence-corrected chi connectivity index (χ0v) is 11.8. The molecule has 0 saturated heterocycles. The fourth-order valence-electron chi connectivity index (χ4n) is 1.84. The molecule has 1 saturated carbocycles. The molecule has 6 heteroatoms. The van der Waals surface area contributed by atoms with E-state index in [0.29, 0.717) is 12.0 Å². The van der Waals surface area contributed by atoms with Crippen LogP contribution in [0.3, 0.4) is 0 Å². The van der Waals surface area contributed by atoms with E-state index in [1.165, 1.54) is 12.1 Å². The maximum Gasteiger partial charge on any atom is 0.335 e. The van der Waals surface area contributed by atoms with Gasteiger partial charge in [-0.3, -0.25) is 4.79 Å². The normalized spacial score (nSPS) is 23.7. The summed E-state index contributed by atoms with van der Waals surface area (Å²) in [7, 11) is 0. The van der Waals surface area contributed by atoms with Gasteiger partial charge in [-0.1, -0.05) is 12.1 Å². The van der Waals surface area contributed by atoms with Crippen molar-refractivity contribution in [1.82, 2.24) is 5.32 Å². The molecule has 0 spiro atoms. The molecule has 1 fully saturated rings. The number of rotatable bonds is 4. The van der Waals surface area contributed by atoms with Gasteiger partial charge >= 0.3 is 5.97 Å². The first-order valence-electron chi connectivity index (χ1n) is 5.75. The summed E-state index contributed by atoms with van der Waals surface area (Å²) in [6.07, 6.45) is 0.421. The Morgan fingerprint density at radius 3 is 2.58 bits per heavy atom. The zero-order chi connectivity index (χ0) is 14.3. The van der Waals surface area contributed by atoms with Gasteiger partial charge in [0.2, 0.25) is 5.91 Å². The molecular formula is C13H13Cl2NO3. The fraction of sp³-hybridized carbons (Fsp3) is 0.385. The Labute approximate surface area is 120 Å². The first-order chi connectivity index (χ1) is 8.76. The van der Waals surface area contributed by atoms with Gasteiger partial charge < -0.3 is 10.4 Å². The van der Waals surface area contributed by atoms with Crippen LogP contribution in [0.2, 0.25) is 0 Å². The molecule has 0 radical (unpaired) electrons. The molecule has 1 amide bonds. The maximum atomic E-state index is 11.9. The molecule has 0 bridgehead atoms. The number of aromatic carboxylic acids is 1. The molecule has 4 nitrogen and oxygen atoms in total. The van der Waals surface area contributed by atoms with Gasteiger partial charge in [0.15, 0.2) is 0 Å². The summed E-state index contributed by atoms with van der Waals surface area (Å²) < 4.78 is -1.00. The third-order valence-electron chi connectivity index (χ3n) is 3.39. The number of nitrogens with one attached hydrogen (secondary N) is 1. The highest BCUT2D eigenvalue weighted by atomic mass is 35.5. The minimum Gasteiger partial charge on any atom is -0.478 e. The standard InChI is InChI=1S/C13H13Cl2NO3/c1-12(7-13(12,14)15)11(19)16-6-8-3-2-4-9(5-8)10(17)18/h2-5H,6-7H2,1H3,(H,16,19)(H,17,18). The Bertz CT molecular complexity index is 544. The van der Waals surface area contributed by atoms with Crippen molar-refractivity contribution in [2.24, 2.45) is 5.41 Å². The summed E-state index contributed by atoms with van der Waals surface area (Å²) in [6.45, 7) is 1.95. The van der Waals surface area contributed by atoms with Crippen LogP contribution >= 0.6 is 23.2 Å². The second-order valence-corrected chi connectivity index (χ2v) is 6.39. The van der Waals surface area contributed by atoms with Crippen LogP contribution < -0.4 is 5.32 Å². The maximum absolute atomic E-state index is 11.9. The molecule has 0 heterocycles. The number of carbonyl (C=O) groups excluding carboxylic acids is 1. The van der Waals surface area contributed by atoms with Crippen molar-refractivity contribution >= 4 is 35.1 Å². The lowest BCUT2D eigenvalue weighted by atomic mass is 10.1. The molecule has 1 aliphatic carbocycles. The molecule has 1 atom stereocenters. The van der Waals surface area contributed by atoms with Gasteiger partial charge in [0.05, 0.1) is 11.0 Å². The first kappa shape index (κ1) is 14.2. The number of amides is 1. The van der Waals surface area contributed by atoms with Crippen molar-refractivity contribution in [2.45, 2.75) is 24.2 Å². The van der Waals surface area contributed by atoms with Crippen molar-refractivity contribution in [2.75, 3.05) is 0 Å². The Kier molecular flexibility index (Phi) is 3.49. The van der Waals surface area contributed by atoms with Crippen LogP contribution in [0.15, 0.2) is 24.3 Å². The third kappa shape index (κ3) is 2.69. The van der Waals surface area contributed by atoms with Gasteiger partial charge in [0.25, 0.3) is 0 Å². The van der Waals surface area contributed by atoms with Crippen molar-refractivity contribution in [1.29, 1.82) is 0 Å². The van der Waals surface area contributed by atoms with Crippen LogP contribution in [-0.4, -0.2) is 21.3 Å². The lowest BCUT2D eigenvalue weighted by molar-refractivity contribution is -0.125. The summed E-state index contributed by atoms with van der Waals surface area (Å²) in [5, 5.41) is 11.6. The van der Waals surface area contributed by atoms with Crippen molar-refractivity contribution < 1.29 is 14.7 Å². The third-order valence-corrected chi connectivity index (χ3v) is 4.49. The molecule has 1 aromatic carbocycles. The highest BCUT2D eigenvalue weighted by molar-refractivity contribution is 6.53. The zero-order valence-electron chi connectivity index (χ0n) is 10.2. The number of carboxylic acid groups (broad SMARTS) is 1. The van der Waals surface area contributed by atoms with Crippen LogP contribution in [0.5, 0.6) is 0 Å². The van der Waals surface area contributed by atoms with E-state index in [1.807, 2.05) is 0 Å². The van der Waals surface area contributed by atoms with E-state index >= 15 is 0 Å². The average Bonchev–Trinajstić information content (AvgIpc) is 2.87. The number of carbonyl (C=O) groups is 2. The van der Waals surface area contributed by atoms with E-state index in [2.05, 4.69) is 5.32 Å². The van der Waals surface area contributed by atoms with Gasteiger partial charge in [0, 0.05) is 6.54 Å². The predicted octanol–water partition coefficient (Wildman–Crippen LogP) is 2.58. The lowest BCUT2D eigenvalue weighted by Crippen LogP contribution is -2.32. The quantitative estimate of drug-likeness (QED) is 0.840. The molecule has 1 aromatic rings. The lowest BCUT2D eigenvalue weighted by Gasteiger charge is -2.12. The van der Waals surface area contributed by atoms with Crippen molar-refractivity contribution in [3.05, 3.63) is 35.4 Å². The van der Waals surface area contributed by atoms with Crippen molar-refractivity contribution in [3.63, 3.8) is 0 Å². The van der Waals surface area contributed by atoms with Crippen LogP contribution in [-0.2, 0) is 11.3 Å². The minimum absolute atomic E-state index is 0.188. The van der Waals surface area contributed by atoms with Gasteiger partial charge in [-0.25, -0.2) is 4.79 Å². The van der Waals surface area contributed by atoms with E-state index in [4.69, 9.17) is 28.3 Å². The molecule has 19 heavy (non-hydrogen) atoms. The molecule has 1 aliphatic rings. The van der Waals surface area contributed by atoms with Crippen LogP contribution in [0.4, 0.5) is 0 Å². The monoisotopic (exact) mass is 301 g/mol. The number of benzene rings is 1. The number of halogens is 2. The molecule has 1 unspecified atom stereocenters. The van der Waals surface area contributed by atoms with E-state index < -0.39 is 15.7 Å².